The summed E-state index contributed by atoms with van der Waals surface area (Å²) in [7, 11) is 1.90. The van der Waals surface area contributed by atoms with Gasteiger partial charge in [0.05, 0.1) is 11.3 Å². The van der Waals surface area contributed by atoms with Gasteiger partial charge < -0.3 is 10.4 Å². The third-order valence-electron chi connectivity index (χ3n) is 4.09. The standard InChI is InChI=1S/C17H25N3O2S/c1-13-16(11-18-14(9-10-21)12-23-3)17(22)20(19(13)2)15-7-5-4-6-8-15/h4-8,14,18,21H,9-12H2,1-3H3. The van der Waals surface area contributed by atoms with E-state index in [0.29, 0.717) is 13.0 Å². The molecular formula is C17H25N3O2S. The second-order valence-electron chi connectivity index (χ2n) is 5.59. The summed E-state index contributed by atoms with van der Waals surface area (Å²) in [6.45, 7) is 2.64. The Kier molecular flexibility index (Phi) is 6.50. The van der Waals surface area contributed by atoms with Gasteiger partial charge in [-0.2, -0.15) is 11.8 Å². The van der Waals surface area contributed by atoms with E-state index in [1.807, 2.05) is 55.2 Å². The Bertz CT molecular complexity index is 673. The fourth-order valence-corrected chi connectivity index (χ4v) is 3.36. The van der Waals surface area contributed by atoms with Gasteiger partial charge in [0, 0.05) is 37.7 Å². The molecule has 2 aromatic rings. The van der Waals surface area contributed by atoms with Crippen molar-refractivity contribution in [3.05, 3.63) is 51.9 Å². The number of nitrogens with zero attached hydrogens (tertiary/aromatic N) is 2. The van der Waals surface area contributed by atoms with E-state index in [4.69, 9.17) is 5.11 Å². The Labute approximate surface area is 141 Å². The molecule has 0 aliphatic heterocycles. The normalized spacial score (nSPS) is 12.5. The summed E-state index contributed by atoms with van der Waals surface area (Å²) in [6.07, 6.45) is 2.74. The Balaban J connectivity index is 2.25. The lowest BCUT2D eigenvalue weighted by Crippen LogP contribution is -2.33. The van der Waals surface area contributed by atoms with Crippen LogP contribution in [0.2, 0.25) is 0 Å². The van der Waals surface area contributed by atoms with Crippen molar-refractivity contribution in [1.29, 1.82) is 0 Å². The maximum Gasteiger partial charge on any atom is 0.276 e. The van der Waals surface area contributed by atoms with Crippen molar-refractivity contribution >= 4 is 11.8 Å². The van der Waals surface area contributed by atoms with Crippen LogP contribution in [-0.4, -0.2) is 39.1 Å². The smallest absolute Gasteiger partial charge is 0.276 e. The van der Waals surface area contributed by atoms with Crippen molar-refractivity contribution in [2.24, 2.45) is 7.05 Å². The largest absolute Gasteiger partial charge is 0.396 e. The van der Waals surface area contributed by atoms with Gasteiger partial charge in [0.2, 0.25) is 0 Å². The van der Waals surface area contributed by atoms with E-state index in [1.54, 1.807) is 16.4 Å². The molecule has 0 aliphatic rings. The van der Waals surface area contributed by atoms with Crippen LogP contribution in [0.1, 0.15) is 17.7 Å². The molecule has 23 heavy (non-hydrogen) atoms. The van der Waals surface area contributed by atoms with Crippen LogP contribution < -0.4 is 10.9 Å². The first-order chi connectivity index (χ1) is 11.1. The Morgan fingerprint density at radius 2 is 2.00 bits per heavy atom. The molecule has 5 nitrogen and oxygen atoms in total. The number of aromatic nitrogens is 2. The van der Waals surface area contributed by atoms with Crippen molar-refractivity contribution < 1.29 is 5.11 Å². The highest BCUT2D eigenvalue weighted by atomic mass is 32.2. The summed E-state index contributed by atoms with van der Waals surface area (Å²) in [5, 5.41) is 12.6. The van der Waals surface area contributed by atoms with E-state index in [-0.39, 0.29) is 18.2 Å². The topological polar surface area (TPSA) is 59.2 Å². The van der Waals surface area contributed by atoms with Gasteiger partial charge in [-0.3, -0.25) is 9.48 Å². The lowest BCUT2D eigenvalue weighted by Gasteiger charge is -2.16. The molecule has 0 spiro atoms. The number of aliphatic hydroxyl groups is 1. The van der Waals surface area contributed by atoms with E-state index in [9.17, 15) is 4.79 Å². The molecule has 1 unspecified atom stereocenters. The summed E-state index contributed by atoms with van der Waals surface area (Å²) in [6, 6.07) is 9.87. The highest BCUT2D eigenvalue weighted by Crippen LogP contribution is 2.11. The molecule has 1 heterocycles. The molecule has 126 valence electrons. The van der Waals surface area contributed by atoms with Gasteiger partial charge in [0.25, 0.3) is 5.56 Å². The summed E-state index contributed by atoms with van der Waals surface area (Å²) >= 11 is 1.74. The molecule has 2 rings (SSSR count). The first-order valence-electron chi connectivity index (χ1n) is 7.76. The number of nitrogens with one attached hydrogen (secondary N) is 1. The lowest BCUT2D eigenvalue weighted by atomic mass is 10.2. The van der Waals surface area contributed by atoms with E-state index >= 15 is 0 Å². The summed E-state index contributed by atoms with van der Waals surface area (Å²) in [5.41, 5.74) is 2.61. The van der Waals surface area contributed by atoms with Crippen LogP contribution in [0.3, 0.4) is 0 Å². The maximum absolute atomic E-state index is 12.8. The zero-order valence-electron chi connectivity index (χ0n) is 14.0. The lowest BCUT2D eigenvalue weighted by molar-refractivity contribution is 0.269. The molecule has 0 saturated carbocycles. The van der Waals surface area contributed by atoms with E-state index in [0.717, 1.165) is 22.7 Å². The van der Waals surface area contributed by atoms with Crippen LogP contribution in [0.4, 0.5) is 0 Å². The second-order valence-corrected chi connectivity index (χ2v) is 6.50. The van der Waals surface area contributed by atoms with Gasteiger partial charge in [0.1, 0.15) is 0 Å². The third-order valence-corrected chi connectivity index (χ3v) is 4.82. The highest BCUT2D eigenvalue weighted by molar-refractivity contribution is 7.98. The van der Waals surface area contributed by atoms with Crippen molar-refractivity contribution in [3.8, 4) is 5.69 Å². The number of para-hydroxylation sites is 1. The van der Waals surface area contributed by atoms with Gasteiger partial charge in [-0.1, -0.05) is 18.2 Å². The van der Waals surface area contributed by atoms with Gasteiger partial charge in [-0.25, -0.2) is 4.68 Å². The summed E-state index contributed by atoms with van der Waals surface area (Å²) in [4.78, 5) is 12.8. The zero-order valence-corrected chi connectivity index (χ0v) is 14.8. The number of aliphatic hydroxyl groups excluding tert-OH is 1. The number of thioether (sulfide) groups is 1. The molecule has 1 aromatic carbocycles. The molecule has 2 N–H and O–H groups in total. The van der Waals surface area contributed by atoms with Crippen LogP contribution in [0.25, 0.3) is 5.69 Å². The molecule has 1 aromatic heterocycles. The number of benzene rings is 1. The van der Waals surface area contributed by atoms with Crippen molar-refractivity contribution in [3.63, 3.8) is 0 Å². The predicted molar refractivity (Wildman–Crippen MR) is 96.5 cm³/mol. The van der Waals surface area contributed by atoms with Crippen molar-refractivity contribution in [1.82, 2.24) is 14.7 Å². The first kappa shape index (κ1) is 17.8. The molecule has 1 atom stereocenters. The highest BCUT2D eigenvalue weighted by Gasteiger charge is 2.17. The van der Waals surface area contributed by atoms with Crippen LogP contribution in [-0.2, 0) is 13.6 Å². The molecule has 0 radical (unpaired) electrons. The van der Waals surface area contributed by atoms with E-state index < -0.39 is 0 Å². The Morgan fingerprint density at radius 1 is 1.30 bits per heavy atom. The molecule has 0 saturated heterocycles. The minimum absolute atomic E-state index is 0.00981. The Morgan fingerprint density at radius 3 is 2.61 bits per heavy atom. The monoisotopic (exact) mass is 335 g/mol. The van der Waals surface area contributed by atoms with Crippen LogP contribution in [0.5, 0.6) is 0 Å². The minimum atomic E-state index is 0.00981. The number of hydrogen-bond acceptors (Lipinski definition) is 4. The second kappa shape index (κ2) is 8.38. The maximum atomic E-state index is 12.8. The van der Waals surface area contributed by atoms with Crippen LogP contribution in [0, 0.1) is 6.92 Å². The predicted octanol–water partition coefficient (Wildman–Crippen LogP) is 1.69. The zero-order chi connectivity index (χ0) is 16.8. The number of rotatable bonds is 8. The molecule has 0 bridgehead atoms. The molecule has 0 amide bonds. The fourth-order valence-electron chi connectivity index (χ4n) is 2.68. The van der Waals surface area contributed by atoms with Crippen LogP contribution >= 0.6 is 11.8 Å². The molecule has 0 fully saturated rings. The quantitative estimate of drug-likeness (QED) is 0.771. The summed E-state index contributed by atoms with van der Waals surface area (Å²) in [5.74, 6) is 0.916. The third kappa shape index (κ3) is 4.07. The van der Waals surface area contributed by atoms with E-state index in [2.05, 4.69) is 5.32 Å². The van der Waals surface area contributed by atoms with Crippen LogP contribution in [0.15, 0.2) is 35.1 Å². The van der Waals surface area contributed by atoms with Gasteiger partial charge >= 0.3 is 0 Å². The fraction of sp³-hybridized carbons (Fsp3) is 0.471. The minimum Gasteiger partial charge on any atom is -0.396 e. The summed E-state index contributed by atoms with van der Waals surface area (Å²) < 4.78 is 3.59. The SMILES string of the molecule is CSCC(CCO)NCc1c(C)n(C)n(-c2ccccc2)c1=O. The van der Waals surface area contributed by atoms with Gasteiger partial charge in [0.15, 0.2) is 0 Å². The molecule has 0 aliphatic carbocycles. The van der Waals surface area contributed by atoms with E-state index in [1.165, 1.54) is 0 Å². The van der Waals surface area contributed by atoms with Crippen molar-refractivity contribution in [2.75, 3.05) is 18.6 Å². The van der Waals surface area contributed by atoms with Crippen molar-refractivity contribution in [2.45, 2.75) is 25.9 Å². The molecule has 6 heteroatoms. The number of hydrogen-bond donors (Lipinski definition) is 2. The molecular weight excluding hydrogens is 310 g/mol. The average Bonchev–Trinajstić information content (AvgIpc) is 2.76. The Hall–Kier alpha value is -1.50. The first-order valence-corrected chi connectivity index (χ1v) is 9.15. The van der Waals surface area contributed by atoms with Gasteiger partial charge in [-0.05, 0) is 31.7 Å². The van der Waals surface area contributed by atoms with Gasteiger partial charge in [-0.15, -0.1) is 0 Å². The average molecular weight is 335 g/mol.